The van der Waals surface area contributed by atoms with Crippen molar-refractivity contribution in [2.75, 3.05) is 12.0 Å². The molecule has 0 saturated carbocycles. The third-order valence-corrected chi connectivity index (χ3v) is 3.82. The van der Waals surface area contributed by atoms with Gasteiger partial charge in [0.05, 0.1) is 5.69 Å². The Morgan fingerprint density at radius 3 is 2.84 bits per heavy atom. The summed E-state index contributed by atoms with van der Waals surface area (Å²) < 4.78 is 0. The van der Waals surface area contributed by atoms with Gasteiger partial charge in [0.15, 0.2) is 0 Å². The summed E-state index contributed by atoms with van der Waals surface area (Å²) in [6, 6.07) is 9.49. The fourth-order valence-electron chi connectivity index (χ4n) is 1.82. The SMILES string of the molecule is Cc1cc(C(=O)NCCc2cccs2)ccc1NN. The normalized spacial score (nSPS) is 10.2. The Hall–Kier alpha value is -1.85. The molecule has 0 aliphatic carbocycles. The summed E-state index contributed by atoms with van der Waals surface area (Å²) in [6.07, 6.45) is 0.866. The molecule has 2 aromatic rings. The molecular weight excluding hydrogens is 258 g/mol. The molecule has 0 aliphatic rings. The standard InChI is InChI=1S/C14H17N3OS/c1-10-9-11(4-5-13(10)17-15)14(18)16-7-6-12-3-2-8-19-12/h2-5,8-9,17H,6-7,15H2,1H3,(H,16,18). The van der Waals surface area contributed by atoms with Crippen LogP contribution >= 0.6 is 11.3 Å². The third kappa shape index (κ3) is 3.56. The van der Waals surface area contributed by atoms with Crippen LogP contribution in [0.2, 0.25) is 0 Å². The van der Waals surface area contributed by atoms with Crippen molar-refractivity contribution in [3.05, 3.63) is 51.7 Å². The van der Waals surface area contributed by atoms with Crippen LogP contribution in [0.25, 0.3) is 0 Å². The summed E-state index contributed by atoms with van der Waals surface area (Å²) in [6.45, 7) is 2.56. The van der Waals surface area contributed by atoms with E-state index in [1.807, 2.05) is 30.5 Å². The Balaban J connectivity index is 1.91. The lowest BCUT2D eigenvalue weighted by Crippen LogP contribution is -2.25. The van der Waals surface area contributed by atoms with Gasteiger partial charge in [0.1, 0.15) is 0 Å². The molecule has 0 unspecified atom stereocenters. The topological polar surface area (TPSA) is 67.2 Å². The van der Waals surface area contributed by atoms with Crippen molar-refractivity contribution >= 4 is 22.9 Å². The molecule has 0 radical (unpaired) electrons. The van der Waals surface area contributed by atoms with Gasteiger partial charge in [0, 0.05) is 17.0 Å². The Kier molecular flexibility index (Phi) is 4.54. The molecule has 19 heavy (non-hydrogen) atoms. The molecule has 4 nitrogen and oxygen atoms in total. The highest BCUT2D eigenvalue weighted by Crippen LogP contribution is 2.15. The van der Waals surface area contributed by atoms with Crippen molar-refractivity contribution in [3.8, 4) is 0 Å². The summed E-state index contributed by atoms with van der Waals surface area (Å²) >= 11 is 1.70. The lowest BCUT2D eigenvalue weighted by Gasteiger charge is -2.08. The highest BCUT2D eigenvalue weighted by Gasteiger charge is 2.07. The maximum atomic E-state index is 12.0. The number of hydrogen-bond acceptors (Lipinski definition) is 4. The number of hydrazine groups is 1. The molecule has 100 valence electrons. The van der Waals surface area contributed by atoms with Crippen LogP contribution < -0.4 is 16.6 Å². The highest BCUT2D eigenvalue weighted by molar-refractivity contribution is 7.09. The quantitative estimate of drug-likeness (QED) is 0.579. The van der Waals surface area contributed by atoms with Gasteiger partial charge in [-0.3, -0.25) is 10.6 Å². The molecule has 1 aromatic carbocycles. The van der Waals surface area contributed by atoms with Gasteiger partial charge >= 0.3 is 0 Å². The van der Waals surface area contributed by atoms with E-state index in [4.69, 9.17) is 5.84 Å². The number of amides is 1. The number of carbonyl (C=O) groups excluding carboxylic acids is 1. The van der Waals surface area contributed by atoms with Crippen LogP contribution in [0.5, 0.6) is 0 Å². The molecule has 2 rings (SSSR count). The number of thiophene rings is 1. The lowest BCUT2D eigenvalue weighted by atomic mass is 10.1. The molecule has 0 bridgehead atoms. The van der Waals surface area contributed by atoms with Crippen LogP contribution in [0, 0.1) is 6.92 Å². The van der Waals surface area contributed by atoms with Gasteiger partial charge in [0.25, 0.3) is 5.91 Å². The largest absolute Gasteiger partial charge is 0.352 e. The van der Waals surface area contributed by atoms with E-state index in [2.05, 4.69) is 16.8 Å². The van der Waals surface area contributed by atoms with Crippen LogP contribution in [-0.2, 0) is 6.42 Å². The van der Waals surface area contributed by atoms with Gasteiger partial charge in [-0.05, 0) is 48.6 Å². The van der Waals surface area contributed by atoms with Gasteiger partial charge < -0.3 is 10.7 Å². The minimum absolute atomic E-state index is 0.0526. The molecule has 1 heterocycles. The number of nitrogens with two attached hydrogens (primary N) is 1. The van der Waals surface area contributed by atoms with E-state index < -0.39 is 0 Å². The van der Waals surface area contributed by atoms with Crippen molar-refractivity contribution in [3.63, 3.8) is 0 Å². The fraction of sp³-hybridized carbons (Fsp3) is 0.214. The first-order valence-electron chi connectivity index (χ1n) is 6.08. The smallest absolute Gasteiger partial charge is 0.251 e. The number of anilines is 1. The molecule has 1 aromatic heterocycles. The van der Waals surface area contributed by atoms with E-state index in [1.165, 1.54) is 4.88 Å². The fourth-order valence-corrected chi connectivity index (χ4v) is 2.53. The number of nitrogen functional groups attached to an aromatic ring is 1. The van der Waals surface area contributed by atoms with Crippen LogP contribution in [0.15, 0.2) is 35.7 Å². The maximum Gasteiger partial charge on any atom is 0.251 e. The number of carbonyl (C=O) groups is 1. The molecule has 0 aliphatic heterocycles. The van der Waals surface area contributed by atoms with Gasteiger partial charge in [-0.2, -0.15) is 0 Å². The number of rotatable bonds is 5. The second-order valence-electron chi connectivity index (χ2n) is 4.26. The first-order chi connectivity index (χ1) is 9.20. The van der Waals surface area contributed by atoms with Crippen LogP contribution in [0.1, 0.15) is 20.8 Å². The van der Waals surface area contributed by atoms with Crippen molar-refractivity contribution in [2.24, 2.45) is 5.84 Å². The molecule has 0 saturated heterocycles. The molecule has 1 amide bonds. The van der Waals surface area contributed by atoms with Crippen LogP contribution in [0.3, 0.4) is 0 Å². The first kappa shape index (κ1) is 13.6. The first-order valence-corrected chi connectivity index (χ1v) is 6.96. The van der Waals surface area contributed by atoms with Gasteiger partial charge in [0.2, 0.25) is 0 Å². The highest BCUT2D eigenvalue weighted by atomic mass is 32.1. The van der Waals surface area contributed by atoms with E-state index in [1.54, 1.807) is 17.4 Å². The van der Waals surface area contributed by atoms with E-state index in [0.717, 1.165) is 17.7 Å². The summed E-state index contributed by atoms with van der Waals surface area (Å²) in [5.41, 5.74) is 5.03. The van der Waals surface area contributed by atoms with Gasteiger partial charge in [-0.15, -0.1) is 11.3 Å². The zero-order valence-corrected chi connectivity index (χ0v) is 11.6. The van der Waals surface area contributed by atoms with E-state index in [0.29, 0.717) is 12.1 Å². The molecule has 0 fully saturated rings. The average Bonchev–Trinajstić information content (AvgIpc) is 2.91. The van der Waals surface area contributed by atoms with Crippen molar-refractivity contribution in [1.29, 1.82) is 0 Å². The van der Waals surface area contributed by atoms with Crippen molar-refractivity contribution in [2.45, 2.75) is 13.3 Å². The van der Waals surface area contributed by atoms with E-state index in [9.17, 15) is 4.79 Å². The monoisotopic (exact) mass is 275 g/mol. The van der Waals surface area contributed by atoms with Gasteiger partial charge in [-0.25, -0.2) is 0 Å². The number of aryl methyl sites for hydroxylation is 1. The van der Waals surface area contributed by atoms with E-state index in [-0.39, 0.29) is 5.91 Å². The maximum absolute atomic E-state index is 12.0. The minimum Gasteiger partial charge on any atom is -0.352 e. The Labute approximate surface area is 116 Å². The van der Waals surface area contributed by atoms with Crippen molar-refractivity contribution < 1.29 is 4.79 Å². The summed E-state index contributed by atoms with van der Waals surface area (Å²) in [7, 11) is 0. The molecule has 4 N–H and O–H groups in total. The van der Waals surface area contributed by atoms with Crippen LogP contribution in [0.4, 0.5) is 5.69 Å². The number of hydrogen-bond donors (Lipinski definition) is 3. The average molecular weight is 275 g/mol. The second kappa shape index (κ2) is 6.36. The van der Waals surface area contributed by atoms with Crippen molar-refractivity contribution in [1.82, 2.24) is 5.32 Å². The molecular formula is C14H17N3OS. The van der Waals surface area contributed by atoms with Gasteiger partial charge in [-0.1, -0.05) is 6.07 Å². The predicted octanol–water partition coefficient (Wildman–Crippen LogP) is 2.31. The lowest BCUT2D eigenvalue weighted by molar-refractivity contribution is 0.0954. The van der Waals surface area contributed by atoms with E-state index >= 15 is 0 Å². The predicted molar refractivity (Wildman–Crippen MR) is 79.3 cm³/mol. The third-order valence-electron chi connectivity index (χ3n) is 2.88. The number of nitrogens with one attached hydrogen (secondary N) is 2. The Bertz CT molecular complexity index is 552. The molecule has 5 heteroatoms. The number of benzene rings is 1. The summed E-state index contributed by atoms with van der Waals surface area (Å²) in [5.74, 6) is 5.31. The zero-order chi connectivity index (χ0) is 13.7. The van der Waals surface area contributed by atoms with Crippen LogP contribution in [-0.4, -0.2) is 12.5 Å². The zero-order valence-electron chi connectivity index (χ0n) is 10.8. The molecule has 0 spiro atoms. The minimum atomic E-state index is -0.0526. The summed E-state index contributed by atoms with van der Waals surface area (Å²) in [4.78, 5) is 13.2. The summed E-state index contributed by atoms with van der Waals surface area (Å²) in [5, 5.41) is 4.96. The molecule has 0 atom stereocenters. The Morgan fingerprint density at radius 2 is 2.21 bits per heavy atom. The Morgan fingerprint density at radius 1 is 1.37 bits per heavy atom. The second-order valence-corrected chi connectivity index (χ2v) is 5.29.